The van der Waals surface area contributed by atoms with Crippen LogP contribution >= 0.6 is 11.8 Å². The summed E-state index contributed by atoms with van der Waals surface area (Å²) < 4.78 is 7.27. The van der Waals surface area contributed by atoms with E-state index in [0.29, 0.717) is 29.6 Å². The average molecular weight is 389 g/mol. The number of thioether (sulfide) groups is 1. The molecule has 0 aliphatic carbocycles. The van der Waals surface area contributed by atoms with Gasteiger partial charge in [0.1, 0.15) is 11.5 Å². The zero-order chi connectivity index (χ0) is 19.3. The van der Waals surface area contributed by atoms with Gasteiger partial charge in [0.2, 0.25) is 5.95 Å². The van der Waals surface area contributed by atoms with Crippen LogP contribution in [0.4, 0.5) is 17.6 Å². The molecule has 0 bridgehead atoms. The van der Waals surface area contributed by atoms with E-state index in [1.807, 2.05) is 30.5 Å². The van der Waals surface area contributed by atoms with E-state index in [-0.39, 0.29) is 0 Å². The molecule has 1 aromatic carbocycles. The first kappa shape index (κ1) is 17.8. The van der Waals surface area contributed by atoms with Gasteiger partial charge < -0.3 is 10.1 Å². The highest BCUT2D eigenvalue weighted by atomic mass is 32.2. The van der Waals surface area contributed by atoms with Crippen molar-refractivity contribution >= 4 is 40.6 Å². The van der Waals surface area contributed by atoms with Crippen LogP contribution in [0.25, 0.3) is 6.20 Å². The summed E-state index contributed by atoms with van der Waals surface area (Å²) in [7, 11) is 0. The Kier molecular flexibility index (Phi) is 5.03. The first-order valence-electron chi connectivity index (χ1n) is 8.37. The lowest BCUT2D eigenvalue weighted by atomic mass is 10.2. The Labute approximate surface area is 165 Å². The van der Waals surface area contributed by atoms with Gasteiger partial charge in [0.05, 0.1) is 16.7 Å². The number of nitrogens with one attached hydrogen (secondary N) is 1. The molecule has 0 fully saturated rings. The smallest absolute Gasteiger partial charge is 0.254 e. The number of aliphatic imine (C=N–C) groups is 1. The Morgan fingerprint density at radius 3 is 2.61 bits per heavy atom. The molecule has 0 amide bonds. The third kappa shape index (κ3) is 4.02. The van der Waals surface area contributed by atoms with Gasteiger partial charge in [0.15, 0.2) is 0 Å². The monoisotopic (exact) mass is 389 g/mol. The fraction of sp³-hybridized carbons (Fsp3) is 0.105. The van der Waals surface area contributed by atoms with Gasteiger partial charge in [-0.15, -0.1) is 16.9 Å². The first-order valence-corrected chi connectivity index (χ1v) is 9.60. The number of fused-ring (bicyclic) bond motifs is 1. The number of anilines is 2. The maximum atomic E-state index is 9.25. The van der Waals surface area contributed by atoms with Crippen LogP contribution in [0.1, 0.15) is 6.42 Å². The highest BCUT2D eigenvalue weighted by molar-refractivity contribution is 8.13. The Hall–Kier alpha value is -3.64. The largest absolute Gasteiger partial charge is 0.457 e. The van der Waals surface area contributed by atoms with Crippen LogP contribution in [-0.4, -0.2) is 31.0 Å². The van der Waals surface area contributed by atoms with Gasteiger partial charge in [-0.25, -0.2) is 9.67 Å². The normalized spacial score (nSPS) is 12.9. The summed E-state index contributed by atoms with van der Waals surface area (Å²) in [5.74, 6) is 2.27. The van der Waals surface area contributed by atoms with Crippen molar-refractivity contribution in [3.8, 4) is 17.6 Å². The molecule has 8 nitrogen and oxygen atoms in total. The fourth-order valence-corrected chi connectivity index (χ4v) is 2.97. The standard InChI is InChI=1S/C19H15N7OS/c1-28-17-10-13(11-20)12-26-19(23-17)24-18(25-26)22-14-2-4-15(5-3-14)27-16-6-8-21-9-7-16/h2-9,12H,10H2,1H3,(H,22,25). The van der Waals surface area contributed by atoms with Gasteiger partial charge in [0.25, 0.3) is 5.95 Å². The van der Waals surface area contributed by atoms with Gasteiger partial charge in [-0.05, 0) is 42.7 Å². The average Bonchev–Trinajstić information content (AvgIpc) is 3.00. The molecule has 9 heteroatoms. The number of ether oxygens (including phenoxy) is 1. The second kappa shape index (κ2) is 7.94. The van der Waals surface area contributed by atoms with Crippen LogP contribution in [0.2, 0.25) is 0 Å². The number of rotatable bonds is 4. The number of nitrogens with zero attached hydrogens (tertiary/aromatic N) is 6. The van der Waals surface area contributed by atoms with Crippen molar-refractivity contribution in [3.05, 3.63) is 54.4 Å². The Morgan fingerprint density at radius 1 is 1.14 bits per heavy atom. The molecule has 28 heavy (non-hydrogen) atoms. The van der Waals surface area contributed by atoms with Crippen LogP contribution < -0.4 is 10.1 Å². The summed E-state index contributed by atoms with van der Waals surface area (Å²) in [5, 5.41) is 17.6. The third-order valence-electron chi connectivity index (χ3n) is 3.83. The van der Waals surface area contributed by atoms with Crippen molar-refractivity contribution in [1.29, 1.82) is 5.26 Å². The number of hydrogen-bond acceptors (Lipinski definition) is 8. The van der Waals surface area contributed by atoms with Crippen LogP contribution in [-0.2, 0) is 0 Å². The van der Waals surface area contributed by atoms with E-state index in [1.54, 1.807) is 30.7 Å². The van der Waals surface area contributed by atoms with Crippen molar-refractivity contribution in [2.45, 2.75) is 6.42 Å². The molecule has 2 aromatic heterocycles. The Bertz CT molecular complexity index is 1080. The summed E-state index contributed by atoms with van der Waals surface area (Å²) in [6, 6.07) is 13.2. The predicted octanol–water partition coefficient (Wildman–Crippen LogP) is 4.37. The molecule has 0 radical (unpaired) electrons. The van der Waals surface area contributed by atoms with Crippen molar-refractivity contribution in [3.63, 3.8) is 0 Å². The lowest BCUT2D eigenvalue weighted by Gasteiger charge is -2.06. The van der Waals surface area contributed by atoms with Crippen molar-refractivity contribution in [2.75, 3.05) is 11.6 Å². The second-order valence-electron chi connectivity index (χ2n) is 5.77. The molecule has 0 atom stereocenters. The summed E-state index contributed by atoms with van der Waals surface area (Å²) >= 11 is 1.50. The maximum Gasteiger partial charge on any atom is 0.254 e. The minimum Gasteiger partial charge on any atom is -0.457 e. The lowest BCUT2D eigenvalue weighted by molar-refractivity contribution is 0.482. The van der Waals surface area contributed by atoms with E-state index in [1.165, 1.54) is 16.4 Å². The molecule has 0 unspecified atom stereocenters. The van der Waals surface area contributed by atoms with Gasteiger partial charge in [0, 0.05) is 30.7 Å². The molecular weight excluding hydrogens is 374 g/mol. The summed E-state index contributed by atoms with van der Waals surface area (Å²) in [6.45, 7) is 0. The molecular formula is C19H15N7OS. The molecule has 0 spiro atoms. The molecule has 0 saturated heterocycles. The zero-order valence-electron chi connectivity index (χ0n) is 14.9. The number of benzene rings is 1. The van der Waals surface area contributed by atoms with E-state index >= 15 is 0 Å². The van der Waals surface area contributed by atoms with Crippen molar-refractivity contribution in [2.24, 2.45) is 4.99 Å². The highest BCUT2D eigenvalue weighted by Gasteiger charge is 2.15. The van der Waals surface area contributed by atoms with Crippen molar-refractivity contribution in [1.82, 2.24) is 19.7 Å². The van der Waals surface area contributed by atoms with E-state index in [4.69, 9.17) is 4.74 Å². The summed E-state index contributed by atoms with van der Waals surface area (Å²) in [6.07, 6.45) is 7.43. The number of aromatic nitrogens is 4. The Morgan fingerprint density at radius 2 is 1.89 bits per heavy atom. The van der Waals surface area contributed by atoms with Gasteiger partial charge in [-0.3, -0.25) is 4.98 Å². The van der Waals surface area contributed by atoms with Crippen LogP contribution in [0.15, 0.2) is 59.4 Å². The van der Waals surface area contributed by atoms with Crippen molar-refractivity contribution < 1.29 is 4.74 Å². The second-order valence-corrected chi connectivity index (χ2v) is 6.65. The minimum absolute atomic E-state index is 0.400. The van der Waals surface area contributed by atoms with Gasteiger partial charge in [-0.2, -0.15) is 10.2 Å². The molecule has 3 heterocycles. The molecule has 3 aromatic rings. The first-order chi connectivity index (χ1) is 13.7. The molecule has 0 saturated carbocycles. The number of allylic oxidation sites excluding steroid dienone is 1. The Balaban J connectivity index is 1.51. The SMILES string of the molecule is CSC1=Nc2nc(Nc3ccc(Oc4ccncc4)cc3)nn2C=C(C#N)C1. The molecule has 1 aliphatic rings. The number of hydrogen-bond donors (Lipinski definition) is 1. The van der Waals surface area contributed by atoms with Gasteiger partial charge >= 0.3 is 0 Å². The van der Waals surface area contributed by atoms with E-state index in [2.05, 4.69) is 31.4 Å². The van der Waals surface area contributed by atoms with Crippen LogP contribution in [0, 0.1) is 11.3 Å². The quantitative estimate of drug-likeness (QED) is 0.707. The molecule has 4 rings (SSSR count). The van der Waals surface area contributed by atoms with E-state index in [9.17, 15) is 5.26 Å². The topological polar surface area (TPSA) is 101 Å². The van der Waals surface area contributed by atoms with Gasteiger partial charge in [-0.1, -0.05) is 0 Å². The highest BCUT2D eigenvalue weighted by Crippen LogP contribution is 2.26. The summed E-state index contributed by atoms with van der Waals surface area (Å²) in [5.41, 5.74) is 1.39. The predicted molar refractivity (Wildman–Crippen MR) is 109 cm³/mol. The molecule has 1 aliphatic heterocycles. The maximum absolute atomic E-state index is 9.25. The van der Waals surface area contributed by atoms with Crippen LogP contribution in [0.5, 0.6) is 11.5 Å². The summed E-state index contributed by atoms with van der Waals surface area (Å²) in [4.78, 5) is 12.9. The number of pyridine rings is 1. The zero-order valence-corrected chi connectivity index (χ0v) is 15.7. The lowest BCUT2D eigenvalue weighted by Crippen LogP contribution is -1.95. The fourth-order valence-electron chi connectivity index (χ4n) is 2.50. The minimum atomic E-state index is 0.400. The number of nitriles is 1. The van der Waals surface area contributed by atoms with E-state index < -0.39 is 0 Å². The van der Waals surface area contributed by atoms with Crippen LogP contribution in [0.3, 0.4) is 0 Å². The third-order valence-corrected chi connectivity index (χ3v) is 4.54. The molecule has 138 valence electrons. The van der Waals surface area contributed by atoms with E-state index in [0.717, 1.165) is 16.5 Å². The molecule has 1 N–H and O–H groups in total.